The monoisotopic (exact) mass is 668 g/mol. The Kier molecular flexibility index (Phi) is 9.28. The second kappa shape index (κ2) is 13.9. The number of nitrogens with zero attached hydrogens (tertiary/aromatic N) is 8. The van der Waals surface area contributed by atoms with Gasteiger partial charge in [-0.05, 0) is 49.8 Å². The third-order valence-corrected chi connectivity index (χ3v) is 10.2. The third-order valence-electron chi connectivity index (χ3n) is 9.53. The minimum Gasteiger partial charge on any atom is -0.445 e. The van der Waals surface area contributed by atoms with Crippen molar-refractivity contribution in [3.05, 3.63) is 71.0 Å². The Morgan fingerprint density at radius 3 is 2.73 bits per heavy atom. The molecule has 2 aromatic heterocycles. The predicted molar refractivity (Wildman–Crippen MR) is 182 cm³/mol. The van der Waals surface area contributed by atoms with Crippen molar-refractivity contribution in [2.24, 2.45) is 0 Å². The molecule has 2 unspecified atom stereocenters. The second-order valence-corrected chi connectivity index (χ2v) is 13.9. The highest BCUT2D eigenvalue weighted by Crippen LogP contribution is 2.37. The molecule has 3 atom stereocenters. The average molecular weight is 669 g/mol. The molecule has 4 aromatic rings. The number of piperazine rings is 1. The first kappa shape index (κ1) is 32.0. The first-order chi connectivity index (χ1) is 23.4. The number of aryl methyl sites for hydroxylation is 1. The van der Waals surface area contributed by atoms with Crippen LogP contribution in [0.5, 0.6) is 0 Å². The number of hydrogen-bond donors (Lipinski definition) is 0. The van der Waals surface area contributed by atoms with Crippen molar-refractivity contribution in [3.63, 3.8) is 0 Å². The Morgan fingerprint density at radius 2 is 1.96 bits per heavy atom. The third kappa shape index (κ3) is 6.34. The molecule has 48 heavy (non-hydrogen) atoms. The van der Waals surface area contributed by atoms with E-state index in [1.165, 1.54) is 0 Å². The molecule has 0 N–H and O–H groups in total. The molecule has 12 nitrogen and oxygen atoms in total. The van der Waals surface area contributed by atoms with Crippen LogP contribution in [-0.2, 0) is 39.8 Å². The SMILES string of the molecule is Cc1ccc2c(cnn2C2CCCCO2)c1N1CCc2c(nc(S(C)=O)nc2N2CCN(C(=O)OCc3ccccc3)[C@@H](CC#N)C2)C1. The quantitative estimate of drug-likeness (QED) is 0.252. The van der Waals surface area contributed by atoms with Gasteiger partial charge in [-0.25, -0.2) is 19.4 Å². The number of fused-ring (bicyclic) bond motifs is 2. The molecule has 0 aliphatic carbocycles. The van der Waals surface area contributed by atoms with Crippen molar-refractivity contribution >= 4 is 39.3 Å². The summed E-state index contributed by atoms with van der Waals surface area (Å²) in [7, 11) is -1.40. The number of carbonyl (C=O) groups excluding carboxylic acids is 1. The van der Waals surface area contributed by atoms with Crippen molar-refractivity contribution in [1.82, 2.24) is 24.6 Å². The van der Waals surface area contributed by atoms with Crippen molar-refractivity contribution < 1.29 is 18.5 Å². The summed E-state index contributed by atoms with van der Waals surface area (Å²) in [6.45, 7) is 5.63. The molecule has 0 saturated carbocycles. The summed E-state index contributed by atoms with van der Waals surface area (Å²) in [5, 5.41) is 15.8. The molecule has 250 valence electrons. The zero-order valence-corrected chi connectivity index (χ0v) is 28.2. The van der Waals surface area contributed by atoms with Crippen LogP contribution in [0.4, 0.5) is 16.3 Å². The Hall–Kier alpha value is -4.54. The summed E-state index contributed by atoms with van der Waals surface area (Å²) in [4.78, 5) is 28.9. The molecule has 1 amide bonds. The lowest BCUT2D eigenvalue weighted by Gasteiger charge is -2.42. The van der Waals surface area contributed by atoms with E-state index in [1.807, 2.05) is 41.2 Å². The highest BCUT2D eigenvalue weighted by atomic mass is 32.2. The maximum absolute atomic E-state index is 13.2. The van der Waals surface area contributed by atoms with Gasteiger partial charge in [0, 0.05) is 50.0 Å². The highest BCUT2D eigenvalue weighted by Gasteiger charge is 2.35. The van der Waals surface area contributed by atoms with Gasteiger partial charge in [-0.15, -0.1) is 0 Å². The zero-order valence-electron chi connectivity index (χ0n) is 27.4. The second-order valence-electron chi connectivity index (χ2n) is 12.7. The Morgan fingerprint density at radius 1 is 1.10 bits per heavy atom. The largest absolute Gasteiger partial charge is 0.445 e. The topological polar surface area (TPSA) is 130 Å². The predicted octanol–water partition coefficient (Wildman–Crippen LogP) is 4.88. The van der Waals surface area contributed by atoms with Crippen LogP contribution in [0.2, 0.25) is 0 Å². The molecule has 2 fully saturated rings. The summed E-state index contributed by atoms with van der Waals surface area (Å²) in [5.74, 6) is 0.738. The lowest BCUT2D eigenvalue weighted by molar-refractivity contribution is -0.0366. The summed E-state index contributed by atoms with van der Waals surface area (Å²) in [5.41, 5.74) is 6.09. The van der Waals surface area contributed by atoms with E-state index in [0.717, 1.165) is 77.2 Å². The Bertz CT molecular complexity index is 1870. The van der Waals surface area contributed by atoms with Crippen molar-refractivity contribution in [2.45, 2.75) is 69.6 Å². The number of nitriles is 1. The Balaban J connectivity index is 1.14. The maximum atomic E-state index is 13.2. The summed E-state index contributed by atoms with van der Waals surface area (Å²) in [6.07, 6.45) is 7.07. The molecule has 2 aromatic carbocycles. The van der Waals surface area contributed by atoms with Gasteiger partial charge in [-0.3, -0.25) is 4.21 Å². The summed E-state index contributed by atoms with van der Waals surface area (Å²) >= 11 is 0. The molecule has 0 spiro atoms. The Labute approximate surface area is 282 Å². The van der Waals surface area contributed by atoms with Crippen LogP contribution in [0.25, 0.3) is 10.9 Å². The van der Waals surface area contributed by atoms with E-state index in [-0.39, 0.29) is 30.5 Å². The van der Waals surface area contributed by atoms with E-state index < -0.39 is 16.9 Å². The van der Waals surface area contributed by atoms with Gasteiger partial charge in [0.15, 0.2) is 6.23 Å². The smallest absolute Gasteiger partial charge is 0.410 e. The minimum atomic E-state index is -1.40. The summed E-state index contributed by atoms with van der Waals surface area (Å²) < 4.78 is 26.5. The molecule has 13 heteroatoms. The molecule has 0 bridgehead atoms. The number of benzene rings is 2. The molecule has 7 rings (SSSR count). The fourth-order valence-corrected chi connectivity index (χ4v) is 7.58. The van der Waals surface area contributed by atoms with E-state index in [4.69, 9.17) is 24.5 Å². The van der Waals surface area contributed by atoms with Crippen LogP contribution >= 0.6 is 0 Å². The number of hydrogen-bond acceptors (Lipinski definition) is 10. The molecule has 3 aliphatic heterocycles. The van der Waals surface area contributed by atoms with Crippen molar-refractivity contribution in [3.8, 4) is 6.07 Å². The van der Waals surface area contributed by atoms with Gasteiger partial charge in [-0.2, -0.15) is 10.4 Å². The fourth-order valence-electron chi connectivity index (χ4n) is 7.12. The number of anilines is 2. The molecule has 0 radical (unpaired) electrons. The first-order valence-corrected chi connectivity index (χ1v) is 18.1. The van der Waals surface area contributed by atoms with Crippen LogP contribution in [0.1, 0.15) is 54.3 Å². The molecule has 5 heterocycles. The van der Waals surface area contributed by atoms with Gasteiger partial charge in [0.25, 0.3) is 0 Å². The van der Waals surface area contributed by atoms with Crippen LogP contribution in [0.3, 0.4) is 0 Å². The van der Waals surface area contributed by atoms with Crippen LogP contribution in [0, 0.1) is 18.3 Å². The van der Waals surface area contributed by atoms with E-state index >= 15 is 0 Å². The van der Waals surface area contributed by atoms with Gasteiger partial charge in [-0.1, -0.05) is 36.4 Å². The number of rotatable bonds is 7. The maximum Gasteiger partial charge on any atom is 0.410 e. The van der Waals surface area contributed by atoms with Gasteiger partial charge in [0.05, 0.1) is 59.0 Å². The van der Waals surface area contributed by atoms with E-state index in [0.29, 0.717) is 32.6 Å². The summed E-state index contributed by atoms with van der Waals surface area (Å²) in [6, 6.07) is 15.7. The number of amides is 1. The van der Waals surface area contributed by atoms with Crippen molar-refractivity contribution in [1.29, 1.82) is 5.26 Å². The standard InChI is InChI=1S/C35H40N8O4S/c1-24-11-12-30-28(20-37-43(30)31-10-6-7-19-46-31)32(24)40-16-14-27-29(22-40)38-34(48(2)45)39-33(27)41-17-18-42(26(21-41)13-15-36)35(44)47-23-25-8-4-3-5-9-25/h3-5,8-9,11-12,20,26,31H,6-7,10,13-14,16-19,21-23H2,1-2H3/t26-,31?,48?/m0/s1. The number of ether oxygens (including phenoxy) is 2. The molecule has 3 aliphatic rings. The van der Waals surface area contributed by atoms with Crippen LogP contribution in [0.15, 0.2) is 53.8 Å². The van der Waals surface area contributed by atoms with Crippen LogP contribution in [-0.4, -0.2) is 80.0 Å². The average Bonchev–Trinajstić information content (AvgIpc) is 3.55. The zero-order chi connectivity index (χ0) is 33.2. The molecular formula is C35H40N8O4S. The van der Waals surface area contributed by atoms with Gasteiger partial charge < -0.3 is 24.2 Å². The number of aromatic nitrogens is 4. The molecular weight excluding hydrogens is 629 g/mol. The highest BCUT2D eigenvalue weighted by molar-refractivity contribution is 7.84. The van der Waals surface area contributed by atoms with E-state index in [9.17, 15) is 14.3 Å². The van der Waals surface area contributed by atoms with Crippen LogP contribution < -0.4 is 9.80 Å². The van der Waals surface area contributed by atoms with Gasteiger partial charge >= 0.3 is 6.09 Å². The minimum absolute atomic E-state index is 0.0534. The van der Waals surface area contributed by atoms with E-state index in [2.05, 4.69) is 34.9 Å². The lowest BCUT2D eigenvalue weighted by atomic mass is 10.0. The number of carbonyl (C=O) groups is 1. The lowest BCUT2D eigenvalue weighted by Crippen LogP contribution is -2.56. The fraction of sp³-hybridized carbons (Fsp3) is 0.457. The van der Waals surface area contributed by atoms with E-state index in [1.54, 1.807) is 11.2 Å². The molecule has 2 saturated heterocycles. The normalized spacial score (nSPS) is 20.3. The van der Waals surface area contributed by atoms with Crippen molar-refractivity contribution in [2.75, 3.05) is 48.8 Å². The first-order valence-electron chi connectivity index (χ1n) is 16.6. The van der Waals surface area contributed by atoms with Gasteiger partial charge in [0.1, 0.15) is 12.4 Å². The van der Waals surface area contributed by atoms with Gasteiger partial charge in [0.2, 0.25) is 5.16 Å².